The Labute approximate surface area is 99.7 Å². The van der Waals surface area contributed by atoms with E-state index < -0.39 is 24.0 Å². The van der Waals surface area contributed by atoms with Gasteiger partial charge >= 0.3 is 18.0 Å². The number of carbonyl (C=O) groups is 3. The Morgan fingerprint density at radius 2 is 2.00 bits per heavy atom. The summed E-state index contributed by atoms with van der Waals surface area (Å²) in [4.78, 5) is 34.3. The molecule has 0 rings (SSSR count). The second-order valence-corrected chi connectivity index (χ2v) is 3.56. The minimum absolute atomic E-state index is 0.221. The molecule has 0 fully saturated rings. The molecule has 0 aliphatic rings. The highest BCUT2D eigenvalue weighted by atomic mass is 16.5. The molecular formula is C10H18N2O5. The fourth-order valence-corrected chi connectivity index (χ4v) is 1.14. The van der Waals surface area contributed by atoms with Crippen LogP contribution in [0.15, 0.2) is 0 Å². The molecule has 0 unspecified atom stereocenters. The van der Waals surface area contributed by atoms with E-state index >= 15 is 0 Å². The van der Waals surface area contributed by atoms with E-state index in [2.05, 4.69) is 10.1 Å². The number of likely N-dealkylation sites (N-methyl/N-ethyl adjacent to an activating group) is 1. The summed E-state index contributed by atoms with van der Waals surface area (Å²) in [5, 5.41) is 11.2. The molecule has 0 aromatic heterocycles. The van der Waals surface area contributed by atoms with Crippen LogP contribution in [0.3, 0.4) is 0 Å². The van der Waals surface area contributed by atoms with Gasteiger partial charge in [-0.15, -0.1) is 0 Å². The summed E-state index contributed by atoms with van der Waals surface area (Å²) in [7, 11) is 2.60. The van der Waals surface area contributed by atoms with Gasteiger partial charge in [0.1, 0.15) is 12.6 Å². The molecule has 0 bridgehead atoms. The lowest BCUT2D eigenvalue weighted by atomic mass is 10.2. The molecule has 0 aliphatic heterocycles. The number of methoxy groups -OCH3 is 1. The average Bonchev–Trinajstić information content (AvgIpc) is 2.27. The van der Waals surface area contributed by atoms with Gasteiger partial charge in [0.25, 0.3) is 0 Å². The summed E-state index contributed by atoms with van der Waals surface area (Å²) >= 11 is 0. The molecule has 2 amide bonds. The van der Waals surface area contributed by atoms with Gasteiger partial charge in [0.05, 0.1) is 7.11 Å². The lowest BCUT2D eigenvalue weighted by molar-refractivity contribution is -0.141. The van der Waals surface area contributed by atoms with Crippen molar-refractivity contribution in [2.24, 2.45) is 0 Å². The highest BCUT2D eigenvalue weighted by Gasteiger charge is 2.21. The van der Waals surface area contributed by atoms with Crippen molar-refractivity contribution in [1.82, 2.24) is 10.2 Å². The third kappa shape index (κ3) is 5.74. The first kappa shape index (κ1) is 15.2. The summed E-state index contributed by atoms with van der Waals surface area (Å²) in [6.07, 6.45) is 0.977. The van der Waals surface area contributed by atoms with Crippen molar-refractivity contribution in [2.45, 2.75) is 25.8 Å². The van der Waals surface area contributed by atoms with Gasteiger partial charge in [-0.05, 0) is 6.42 Å². The number of rotatable bonds is 6. The van der Waals surface area contributed by atoms with Gasteiger partial charge in [0, 0.05) is 7.05 Å². The third-order valence-corrected chi connectivity index (χ3v) is 2.11. The fourth-order valence-electron chi connectivity index (χ4n) is 1.14. The molecule has 1 atom stereocenters. The van der Waals surface area contributed by atoms with E-state index in [0.29, 0.717) is 12.8 Å². The topological polar surface area (TPSA) is 95.9 Å². The minimum atomic E-state index is -1.09. The van der Waals surface area contributed by atoms with Gasteiger partial charge in [-0.2, -0.15) is 0 Å². The maximum absolute atomic E-state index is 11.5. The van der Waals surface area contributed by atoms with E-state index in [0.717, 1.165) is 4.90 Å². The van der Waals surface area contributed by atoms with Gasteiger partial charge in [-0.25, -0.2) is 9.59 Å². The standard InChI is InChI=1S/C10H18N2O5/c1-4-5-7(9(14)15)11-10(16)12(2)6-8(13)17-3/h7H,4-6H2,1-3H3,(H,11,16)(H,14,15)/t7-/m1/s1. The number of esters is 1. The van der Waals surface area contributed by atoms with E-state index in [1.54, 1.807) is 0 Å². The molecule has 0 aliphatic carbocycles. The number of carboxylic acid groups (broad SMARTS) is 1. The summed E-state index contributed by atoms with van der Waals surface area (Å²) in [5.41, 5.74) is 0. The van der Waals surface area contributed by atoms with Crippen LogP contribution in [0.4, 0.5) is 4.79 Å². The zero-order valence-electron chi connectivity index (χ0n) is 10.2. The van der Waals surface area contributed by atoms with Crippen LogP contribution in [-0.4, -0.2) is 54.7 Å². The zero-order valence-corrected chi connectivity index (χ0v) is 10.2. The largest absolute Gasteiger partial charge is 0.480 e. The second-order valence-electron chi connectivity index (χ2n) is 3.56. The number of urea groups is 1. The van der Waals surface area contributed by atoms with Crippen LogP contribution in [-0.2, 0) is 14.3 Å². The Bertz CT molecular complexity index is 292. The third-order valence-electron chi connectivity index (χ3n) is 2.11. The molecule has 0 aromatic rings. The highest BCUT2D eigenvalue weighted by Crippen LogP contribution is 1.98. The number of hydrogen-bond donors (Lipinski definition) is 2. The number of hydrogen-bond acceptors (Lipinski definition) is 4. The molecular weight excluding hydrogens is 228 g/mol. The highest BCUT2D eigenvalue weighted by molar-refractivity contribution is 5.84. The van der Waals surface area contributed by atoms with Gasteiger partial charge < -0.3 is 20.1 Å². The Kier molecular flexibility index (Phi) is 6.69. The van der Waals surface area contributed by atoms with Gasteiger partial charge in [0.15, 0.2) is 0 Å². The van der Waals surface area contributed by atoms with E-state index in [9.17, 15) is 14.4 Å². The van der Waals surface area contributed by atoms with Crippen molar-refractivity contribution in [3.05, 3.63) is 0 Å². The zero-order chi connectivity index (χ0) is 13.4. The monoisotopic (exact) mass is 246 g/mol. The van der Waals surface area contributed by atoms with Crippen LogP contribution in [0.2, 0.25) is 0 Å². The molecule has 7 heteroatoms. The molecule has 0 radical (unpaired) electrons. The summed E-state index contributed by atoms with van der Waals surface area (Å²) in [6.45, 7) is 1.60. The molecule has 0 aromatic carbocycles. The number of nitrogens with one attached hydrogen (secondary N) is 1. The van der Waals surface area contributed by atoms with E-state index in [1.165, 1.54) is 14.2 Å². The number of aliphatic carboxylic acids is 1. The van der Waals surface area contributed by atoms with Crippen molar-refractivity contribution in [3.8, 4) is 0 Å². The Morgan fingerprint density at radius 1 is 1.41 bits per heavy atom. The number of carbonyl (C=O) groups excluding carboxylic acids is 2. The van der Waals surface area contributed by atoms with Crippen molar-refractivity contribution < 1.29 is 24.2 Å². The maximum atomic E-state index is 11.5. The predicted octanol–water partition coefficient (Wildman–Crippen LogP) is 0.0541. The Balaban J connectivity index is 4.30. The molecule has 98 valence electrons. The second kappa shape index (κ2) is 7.48. The van der Waals surface area contributed by atoms with E-state index in [-0.39, 0.29) is 6.54 Å². The van der Waals surface area contributed by atoms with Crippen LogP contribution >= 0.6 is 0 Å². The summed E-state index contributed by atoms with van der Waals surface area (Å²) in [5.74, 6) is -1.66. The van der Waals surface area contributed by atoms with Crippen molar-refractivity contribution in [1.29, 1.82) is 0 Å². The van der Waals surface area contributed by atoms with Crippen LogP contribution in [0.25, 0.3) is 0 Å². The Hall–Kier alpha value is -1.79. The molecule has 7 nitrogen and oxygen atoms in total. The summed E-state index contributed by atoms with van der Waals surface area (Å²) in [6, 6.07) is -1.55. The quantitative estimate of drug-likeness (QED) is 0.646. The lowest BCUT2D eigenvalue weighted by Gasteiger charge is -2.20. The van der Waals surface area contributed by atoms with Gasteiger partial charge in [-0.1, -0.05) is 13.3 Å². The Morgan fingerprint density at radius 3 is 2.41 bits per heavy atom. The first-order chi connectivity index (χ1) is 7.92. The van der Waals surface area contributed by atoms with Crippen molar-refractivity contribution in [3.63, 3.8) is 0 Å². The molecule has 0 saturated carbocycles. The van der Waals surface area contributed by atoms with Crippen LogP contribution < -0.4 is 5.32 Å². The van der Waals surface area contributed by atoms with Crippen LogP contribution in [0, 0.1) is 0 Å². The first-order valence-electron chi connectivity index (χ1n) is 5.23. The van der Waals surface area contributed by atoms with E-state index in [4.69, 9.17) is 5.11 Å². The minimum Gasteiger partial charge on any atom is -0.480 e. The first-order valence-corrected chi connectivity index (χ1v) is 5.23. The SMILES string of the molecule is CCC[C@@H](NC(=O)N(C)CC(=O)OC)C(=O)O. The average molecular weight is 246 g/mol. The number of ether oxygens (including phenoxy) is 1. The smallest absolute Gasteiger partial charge is 0.326 e. The fraction of sp³-hybridized carbons (Fsp3) is 0.700. The molecule has 2 N–H and O–H groups in total. The normalized spacial score (nSPS) is 11.5. The predicted molar refractivity (Wildman–Crippen MR) is 59.5 cm³/mol. The molecule has 0 heterocycles. The number of amides is 2. The summed E-state index contributed by atoms with van der Waals surface area (Å²) < 4.78 is 4.39. The van der Waals surface area contributed by atoms with E-state index in [1.807, 2.05) is 6.92 Å². The number of carboxylic acids is 1. The van der Waals surface area contributed by atoms with Gasteiger partial charge in [0.2, 0.25) is 0 Å². The van der Waals surface area contributed by atoms with Gasteiger partial charge in [-0.3, -0.25) is 4.79 Å². The molecule has 17 heavy (non-hydrogen) atoms. The maximum Gasteiger partial charge on any atom is 0.326 e. The molecule has 0 spiro atoms. The van der Waals surface area contributed by atoms with Crippen LogP contribution in [0.5, 0.6) is 0 Å². The lowest BCUT2D eigenvalue weighted by Crippen LogP contribution is -2.47. The van der Waals surface area contributed by atoms with Crippen LogP contribution in [0.1, 0.15) is 19.8 Å². The molecule has 0 saturated heterocycles. The number of nitrogens with zero attached hydrogens (tertiary/aromatic N) is 1. The van der Waals surface area contributed by atoms with Crippen molar-refractivity contribution in [2.75, 3.05) is 20.7 Å². The van der Waals surface area contributed by atoms with Crippen molar-refractivity contribution >= 4 is 18.0 Å².